The first kappa shape index (κ1) is 14.8. The van der Waals surface area contributed by atoms with E-state index < -0.39 is 5.63 Å². The van der Waals surface area contributed by atoms with Gasteiger partial charge in [0.1, 0.15) is 0 Å². The molecule has 0 bridgehead atoms. The fourth-order valence-electron chi connectivity index (χ4n) is 2.49. The van der Waals surface area contributed by atoms with Crippen LogP contribution in [0.2, 0.25) is 0 Å². The molecule has 1 aliphatic heterocycles. The van der Waals surface area contributed by atoms with Crippen molar-refractivity contribution in [1.82, 2.24) is 9.64 Å². The van der Waals surface area contributed by atoms with E-state index in [9.17, 15) is 9.59 Å². The Morgan fingerprint density at radius 3 is 2.50 bits per heavy atom. The molecule has 112 valence electrons. The van der Waals surface area contributed by atoms with Crippen LogP contribution in [0.25, 0.3) is 0 Å². The normalized spacial score (nSPS) is 15.9. The van der Waals surface area contributed by atoms with Gasteiger partial charge in [0.2, 0.25) is 0 Å². The molecule has 1 aromatic rings. The zero-order valence-electron chi connectivity index (χ0n) is 12.3. The van der Waals surface area contributed by atoms with Crippen LogP contribution in [0, 0.1) is 0 Å². The maximum absolute atomic E-state index is 12.5. The summed E-state index contributed by atoms with van der Waals surface area (Å²) in [5, 5.41) is 0. The quantitative estimate of drug-likeness (QED) is 0.848. The molecular weight excluding hydrogens is 260 g/mol. The lowest BCUT2D eigenvalue weighted by Gasteiger charge is -2.26. The van der Waals surface area contributed by atoms with E-state index in [1.807, 2.05) is 20.8 Å². The predicted molar refractivity (Wildman–Crippen MR) is 74.2 cm³/mol. The Labute approximate surface area is 118 Å². The Balaban J connectivity index is 2.37. The van der Waals surface area contributed by atoms with Gasteiger partial charge in [0.25, 0.3) is 0 Å². The van der Waals surface area contributed by atoms with E-state index in [1.54, 1.807) is 4.90 Å². The minimum atomic E-state index is -0.398. The lowest BCUT2D eigenvalue weighted by molar-refractivity contribution is 0.0478. The molecular formula is C14H22N2O4. The molecule has 0 aromatic carbocycles. The first-order valence-electron chi connectivity index (χ1n) is 7.18. The predicted octanol–water partition coefficient (Wildman–Crippen LogP) is 1.82. The zero-order chi connectivity index (χ0) is 14.7. The number of morpholine rings is 1. The maximum Gasteiger partial charge on any atom is 0.361 e. The average Bonchev–Trinajstić information content (AvgIpc) is 2.76. The first-order chi connectivity index (χ1) is 9.56. The van der Waals surface area contributed by atoms with Crippen molar-refractivity contribution in [3.05, 3.63) is 21.7 Å². The van der Waals surface area contributed by atoms with Crippen molar-refractivity contribution >= 4 is 6.03 Å². The van der Waals surface area contributed by atoms with E-state index in [0.717, 1.165) is 6.42 Å². The molecule has 1 saturated heterocycles. The Kier molecular flexibility index (Phi) is 4.65. The number of hydrogen-bond donors (Lipinski definition) is 0. The Morgan fingerprint density at radius 2 is 1.95 bits per heavy atom. The minimum Gasteiger partial charge on any atom is -0.378 e. The molecule has 2 heterocycles. The summed E-state index contributed by atoms with van der Waals surface area (Å²) in [4.78, 5) is 26.1. The van der Waals surface area contributed by atoms with Gasteiger partial charge in [0.05, 0.1) is 24.5 Å². The van der Waals surface area contributed by atoms with Gasteiger partial charge in [-0.1, -0.05) is 27.2 Å². The summed E-state index contributed by atoms with van der Waals surface area (Å²) in [6.45, 7) is 8.01. The molecule has 0 radical (unpaired) electrons. The fraction of sp³-hybridized carbons (Fsp3) is 0.714. The van der Waals surface area contributed by atoms with Crippen LogP contribution in [0.15, 0.2) is 9.32 Å². The molecule has 0 atom stereocenters. The van der Waals surface area contributed by atoms with E-state index in [1.165, 1.54) is 4.74 Å². The van der Waals surface area contributed by atoms with Gasteiger partial charge >= 0.3 is 11.7 Å². The molecule has 2 rings (SSSR count). The second-order valence-corrected chi connectivity index (χ2v) is 5.32. The number of carbonyl (C=O) groups is 1. The summed E-state index contributed by atoms with van der Waals surface area (Å²) < 4.78 is 11.6. The fourth-order valence-corrected chi connectivity index (χ4v) is 2.49. The Hall–Kier alpha value is -1.56. The lowest BCUT2D eigenvalue weighted by Crippen LogP contribution is -2.43. The van der Waals surface area contributed by atoms with Crippen LogP contribution >= 0.6 is 0 Å². The smallest absolute Gasteiger partial charge is 0.361 e. The number of nitrogens with zero attached hydrogens (tertiary/aromatic N) is 2. The van der Waals surface area contributed by atoms with Gasteiger partial charge in [-0.25, -0.2) is 9.59 Å². The Morgan fingerprint density at radius 1 is 1.30 bits per heavy atom. The molecule has 1 aromatic heterocycles. The molecule has 0 saturated carbocycles. The standard InChI is InChI=1S/C14H22N2O4/c1-4-5-11-12(10(2)3)13(17)20-16(11)14(18)15-6-8-19-9-7-15/h10H,4-9H2,1-3H3. The summed E-state index contributed by atoms with van der Waals surface area (Å²) in [5.74, 6) is 0.0477. The van der Waals surface area contributed by atoms with Gasteiger partial charge in [-0.2, -0.15) is 0 Å². The molecule has 0 N–H and O–H groups in total. The topological polar surface area (TPSA) is 64.7 Å². The first-order valence-corrected chi connectivity index (χ1v) is 7.18. The number of rotatable bonds is 3. The highest BCUT2D eigenvalue weighted by Gasteiger charge is 2.27. The van der Waals surface area contributed by atoms with E-state index >= 15 is 0 Å². The lowest BCUT2D eigenvalue weighted by atomic mass is 10.0. The van der Waals surface area contributed by atoms with Crippen molar-refractivity contribution in [3.8, 4) is 0 Å². The maximum atomic E-state index is 12.5. The van der Waals surface area contributed by atoms with E-state index in [2.05, 4.69) is 0 Å². The van der Waals surface area contributed by atoms with E-state index in [-0.39, 0.29) is 11.9 Å². The summed E-state index contributed by atoms with van der Waals surface area (Å²) in [6.07, 6.45) is 1.52. The van der Waals surface area contributed by atoms with Gasteiger partial charge in [0, 0.05) is 13.1 Å². The van der Waals surface area contributed by atoms with Gasteiger partial charge in [0.15, 0.2) is 0 Å². The van der Waals surface area contributed by atoms with Gasteiger partial charge < -0.3 is 14.2 Å². The molecule has 0 unspecified atom stereocenters. The van der Waals surface area contributed by atoms with Crippen LogP contribution < -0.4 is 5.63 Å². The molecule has 1 aliphatic rings. The van der Waals surface area contributed by atoms with E-state index in [0.29, 0.717) is 44.0 Å². The third-order valence-electron chi connectivity index (χ3n) is 3.47. The zero-order valence-corrected chi connectivity index (χ0v) is 12.3. The number of hydrogen-bond acceptors (Lipinski definition) is 4. The summed E-state index contributed by atoms with van der Waals surface area (Å²) >= 11 is 0. The molecule has 1 fully saturated rings. The van der Waals surface area contributed by atoms with E-state index in [4.69, 9.17) is 9.26 Å². The third-order valence-corrected chi connectivity index (χ3v) is 3.47. The molecule has 20 heavy (non-hydrogen) atoms. The second kappa shape index (κ2) is 6.26. The molecule has 6 heteroatoms. The van der Waals surface area contributed by atoms with Crippen LogP contribution in [-0.4, -0.2) is 42.0 Å². The Bertz CT molecular complexity index is 524. The van der Waals surface area contributed by atoms with Crippen molar-refractivity contribution in [1.29, 1.82) is 0 Å². The molecule has 0 spiro atoms. The molecule has 6 nitrogen and oxygen atoms in total. The SMILES string of the molecule is CCCc1c(C(C)C)c(=O)on1C(=O)N1CCOCC1. The largest absolute Gasteiger partial charge is 0.378 e. The van der Waals surface area contributed by atoms with Crippen LogP contribution in [0.4, 0.5) is 4.79 Å². The van der Waals surface area contributed by atoms with Crippen molar-refractivity contribution in [2.45, 2.75) is 39.5 Å². The highest BCUT2D eigenvalue weighted by atomic mass is 16.5. The van der Waals surface area contributed by atoms with Crippen LogP contribution in [0.3, 0.4) is 0 Å². The second-order valence-electron chi connectivity index (χ2n) is 5.32. The van der Waals surface area contributed by atoms with Crippen LogP contribution in [-0.2, 0) is 11.2 Å². The number of ether oxygens (including phenoxy) is 1. The van der Waals surface area contributed by atoms with Gasteiger partial charge in [-0.05, 0) is 12.3 Å². The van der Waals surface area contributed by atoms with Crippen LogP contribution in [0.5, 0.6) is 0 Å². The van der Waals surface area contributed by atoms with Gasteiger partial charge in [-0.15, -0.1) is 4.74 Å². The van der Waals surface area contributed by atoms with Crippen molar-refractivity contribution in [2.24, 2.45) is 0 Å². The van der Waals surface area contributed by atoms with Crippen molar-refractivity contribution < 1.29 is 14.1 Å². The third kappa shape index (κ3) is 2.80. The summed E-state index contributed by atoms with van der Waals surface area (Å²) in [7, 11) is 0. The number of carbonyl (C=O) groups excluding carboxylic acids is 1. The summed E-state index contributed by atoms with van der Waals surface area (Å²) in [6, 6.07) is -0.263. The highest BCUT2D eigenvalue weighted by molar-refractivity contribution is 5.76. The average molecular weight is 282 g/mol. The summed E-state index contributed by atoms with van der Waals surface area (Å²) in [5.41, 5.74) is 0.933. The highest BCUT2D eigenvalue weighted by Crippen LogP contribution is 2.19. The van der Waals surface area contributed by atoms with Crippen LogP contribution in [0.1, 0.15) is 44.4 Å². The monoisotopic (exact) mass is 282 g/mol. The molecule has 0 aliphatic carbocycles. The number of aromatic nitrogens is 1. The van der Waals surface area contributed by atoms with Crippen molar-refractivity contribution in [2.75, 3.05) is 26.3 Å². The number of amides is 1. The minimum absolute atomic E-state index is 0.0477. The van der Waals surface area contributed by atoms with Crippen molar-refractivity contribution in [3.63, 3.8) is 0 Å². The molecule has 1 amide bonds. The van der Waals surface area contributed by atoms with Gasteiger partial charge in [-0.3, -0.25) is 0 Å².